The van der Waals surface area contributed by atoms with Gasteiger partial charge in [-0.05, 0) is 22.0 Å². The molecule has 0 aliphatic carbocycles. The minimum atomic E-state index is -3.18. The summed E-state index contributed by atoms with van der Waals surface area (Å²) in [7, 11) is 0. The van der Waals surface area contributed by atoms with Gasteiger partial charge < -0.3 is 16.2 Å². The Morgan fingerprint density at radius 3 is 2.80 bits per heavy atom. The van der Waals surface area contributed by atoms with E-state index in [1.54, 1.807) is 6.07 Å². The predicted molar refractivity (Wildman–Crippen MR) is 56.9 cm³/mol. The van der Waals surface area contributed by atoms with Crippen LogP contribution in [0.2, 0.25) is 0 Å². The zero-order valence-corrected chi connectivity index (χ0v) is 9.26. The van der Waals surface area contributed by atoms with E-state index >= 15 is 0 Å². The highest BCUT2D eigenvalue weighted by Gasteiger charge is 2.27. The molecule has 84 valence electrons. The number of halogens is 3. The number of hydrogen-bond donors (Lipinski definition) is 3. The van der Waals surface area contributed by atoms with Crippen LogP contribution in [0.5, 0.6) is 0 Å². The lowest BCUT2D eigenvalue weighted by Gasteiger charge is -2.15. The van der Waals surface area contributed by atoms with Crippen LogP contribution in [-0.2, 0) is 0 Å². The van der Waals surface area contributed by atoms with Crippen molar-refractivity contribution in [2.45, 2.75) is 5.92 Å². The number of aromatic nitrogens is 1. The van der Waals surface area contributed by atoms with Crippen molar-refractivity contribution >= 4 is 27.4 Å². The van der Waals surface area contributed by atoms with Gasteiger partial charge in [0.25, 0.3) is 5.92 Å². The molecule has 1 aromatic heterocycles. The Morgan fingerprint density at radius 1 is 1.60 bits per heavy atom. The van der Waals surface area contributed by atoms with Crippen LogP contribution in [0.4, 0.5) is 20.3 Å². The van der Waals surface area contributed by atoms with Crippen molar-refractivity contribution in [3.63, 3.8) is 0 Å². The number of anilines is 2. The number of alkyl halides is 2. The molecule has 0 spiro atoms. The number of pyridine rings is 1. The SMILES string of the molecule is Nc1cc(Br)cnc1NCC(F)(F)CO. The van der Waals surface area contributed by atoms with Crippen molar-refractivity contribution in [3.8, 4) is 0 Å². The zero-order chi connectivity index (χ0) is 11.5. The van der Waals surface area contributed by atoms with E-state index in [9.17, 15) is 8.78 Å². The molecule has 0 aliphatic heterocycles. The van der Waals surface area contributed by atoms with Crippen molar-refractivity contribution < 1.29 is 13.9 Å². The summed E-state index contributed by atoms with van der Waals surface area (Å²) in [6.45, 7) is -1.92. The summed E-state index contributed by atoms with van der Waals surface area (Å²) in [5.41, 5.74) is 5.79. The van der Waals surface area contributed by atoms with Gasteiger partial charge >= 0.3 is 0 Å². The van der Waals surface area contributed by atoms with Gasteiger partial charge in [0.2, 0.25) is 0 Å². The standard InChI is InChI=1S/C8H10BrF2N3O/c9-5-1-6(12)7(13-2-5)14-3-8(10,11)4-15/h1-2,15H,3-4,12H2,(H,13,14). The summed E-state index contributed by atoms with van der Waals surface area (Å²) in [6, 6.07) is 1.55. The van der Waals surface area contributed by atoms with E-state index in [4.69, 9.17) is 10.8 Å². The van der Waals surface area contributed by atoms with E-state index in [2.05, 4.69) is 26.2 Å². The molecule has 0 amide bonds. The predicted octanol–water partition coefficient (Wildman–Crippen LogP) is 1.47. The van der Waals surface area contributed by atoms with Crippen LogP contribution >= 0.6 is 15.9 Å². The Kier molecular flexibility index (Phi) is 3.81. The second-order valence-electron chi connectivity index (χ2n) is 2.96. The Labute approximate surface area is 93.6 Å². The lowest BCUT2D eigenvalue weighted by molar-refractivity contribution is -0.0373. The number of aliphatic hydroxyl groups is 1. The normalized spacial score (nSPS) is 11.5. The molecule has 0 aliphatic rings. The summed E-state index contributed by atoms with van der Waals surface area (Å²) in [5.74, 6) is -3.01. The quantitative estimate of drug-likeness (QED) is 0.782. The van der Waals surface area contributed by atoms with Crippen molar-refractivity contribution in [1.82, 2.24) is 4.98 Å². The second-order valence-corrected chi connectivity index (χ2v) is 3.87. The molecular formula is C8H10BrF2N3O. The van der Waals surface area contributed by atoms with Gasteiger partial charge in [-0.3, -0.25) is 0 Å². The number of nitrogens with zero attached hydrogens (tertiary/aromatic N) is 1. The molecule has 0 radical (unpaired) electrons. The third kappa shape index (κ3) is 3.60. The minimum absolute atomic E-state index is 0.173. The number of aliphatic hydroxyl groups excluding tert-OH is 1. The molecule has 0 fully saturated rings. The van der Waals surface area contributed by atoms with E-state index < -0.39 is 19.1 Å². The fourth-order valence-electron chi connectivity index (χ4n) is 0.872. The minimum Gasteiger partial charge on any atom is -0.396 e. The topological polar surface area (TPSA) is 71.2 Å². The molecule has 0 saturated carbocycles. The smallest absolute Gasteiger partial charge is 0.287 e. The highest BCUT2D eigenvalue weighted by molar-refractivity contribution is 9.10. The van der Waals surface area contributed by atoms with Crippen molar-refractivity contribution in [2.75, 3.05) is 24.2 Å². The molecule has 7 heteroatoms. The first-order chi connectivity index (χ1) is 6.94. The highest BCUT2D eigenvalue weighted by Crippen LogP contribution is 2.21. The van der Waals surface area contributed by atoms with Crippen LogP contribution < -0.4 is 11.1 Å². The van der Waals surface area contributed by atoms with Crippen molar-refractivity contribution in [1.29, 1.82) is 0 Å². The zero-order valence-electron chi connectivity index (χ0n) is 7.67. The number of rotatable bonds is 4. The van der Waals surface area contributed by atoms with Gasteiger partial charge in [-0.15, -0.1) is 0 Å². The Balaban J connectivity index is 2.66. The Morgan fingerprint density at radius 2 is 2.27 bits per heavy atom. The van der Waals surface area contributed by atoms with Gasteiger partial charge in [0.15, 0.2) is 0 Å². The first-order valence-electron chi connectivity index (χ1n) is 4.08. The molecule has 0 aromatic carbocycles. The van der Waals surface area contributed by atoms with Gasteiger partial charge in [-0.2, -0.15) is 0 Å². The van der Waals surface area contributed by atoms with E-state index in [0.29, 0.717) is 4.47 Å². The summed E-state index contributed by atoms with van der Waals surface area (Å²) in [6.07, 6.45) is 1.44. The molecular weight excluding hydrogens is 272 g/mol. The molecule has 1 aromatic rings. The second kappa shape index (κ2) is 4.71. The third-order valence-corrected chi connectivity index (χ3v) is 2.06. The molecule has 0 atom stereocenters. The average Bonchev–Trinajstić information content (AvgIpc) is 2.16. The van der Waals surface area contributed by atoms with Gasteiger partial charge in [0, 0.05) is 10.7 Å². The lowest BCUT2D eigenvalue weighted by atomic mass is 10.3. The molecule has 0 bridgehead atoms. The summed E-state index contributed by atoms with van der Waals surface area (Å²) in [5, 5.41) is 10.7. The molecule has 4 nitrogen and oxygen atoms in total. The number of hydrogen-bond acceptors (Lipinski definition) is 4. The van der Waals surface area contributed by atoms with E-state index in [1.807, 2.05) is 0 Å². The maximum atomic E-state index is 12.7. The summed E-state index contributed by atoms with van der Waals surface area (Å²) in [4.78, 5) is 3.82. The maximum Gasteiger partial charge on any atom is 0.287 e. The Hall–Kier alpha value is -0.950. The third-order valence-electron chi connectivity index (χ3n) is 1.63. The van der Waals surface area contributed by atoms with Crippen LogP contribution in [0.3, 0.4) is 0 Å². The monoisotopic (exact) mass is 281 g/mol. The molecule has 1 rings (SSSR count). The molecule has 1 heterocycles. The summed E-state index contributed by atoms with van der Waals surface area (Å²) < 4.78 is 26.0. The molecule has 0 saturated heterocycles. The van der Waals surface area contributed by atoms with E-state index in [-0.39, 0.29) is 11.5 Å². The lowest BCUT2D eigenvalue weighted by Crippen LogP contribution is -2.31. The van der Waals surface area contributed by atoms with E-state index in [0.717, 1.165) is 0 Å². The average molecular weight is 282 g/mol. The van der Waals surface area contributed by atoms with E-state index in [1.165, 1.54) is 6.20 Å². The van der Waals surface area contributed by atoms with Crippen LogP contribution in [0.25, 0.3) is 0 Å². The van der Waals surface area contributed by atoms with Crippen molar-refractivity contribution in [2.24, 2.45) is 0 Å². The van der Waals surface area contributed by atoms with Gasteiger partial charge in [-0.25, -0.2) is 13.8 Å². The summed E-state index contributed by atoms with van der Waals surface area (Å²) >= 11 is 3.14. The first kappa shape index (κ1) is 12.1. The number of nitrogens with one attached hydrogen (secondary N) is 1. The fourth-order valence-corrected chi connectivity index (χ4v) is 1.22. The molecule has 0 unspecified atom stereocenters. The Bertz CT molecular complexity index is 349. The fraction of sp³-hybridized carbons (Fsp3) is 0.375. The highest BCUT2D eigenvalue weighted by atomic mass is 79.9. The molecule has 4 N–H and O–H groups in total. The van der Waals surface area contributed by atoms with Crippen LogP contribution in [-0.4, -0.2) is 29.2 Å². The molecule has 15 heavy (non-hydrogen) atoms. The van der Waals surface area contributed by atoms with Gasteiger partial charge in [-0.1, -0.05) is 0 Å². The largest absolute Gasteiger partial charge is 0.396 e. The van der Waals surface area contributed by atoms with Crippen LogP contribution in [0.1, 0.15) is 0 Å². The van der Waals surface area contributed by atoms with Gasteiger partial charge in [0.1, 0.15) is 12.4 Å². The van der Waals surface area contributed by atoms with Crippen molar-refractivity contribution in [3.05, 3.63) is 16.7 Å². The van der Waals surface area contributed by atoms with Gasteiger partial charge in [0.05, 0.1) is 12.2 Å². The number of nitrogens with two attached hydrogens (primary N) is 1. The number of nitrogen functional groups attached to an aromatic ring is 1. The van der Waals surface area contributed by atoms with Crippen LogP contribution in [0, 0.1) is 0 Å². The first-order valence-corrected chi connectivity index (χ1v) is 4.87. The van der Waals surface area contributed by atoms with Crippen LogP contribution in [0.15, 0.2) is 16.7 Å². The maximum absolute atomic E-state index is 12.7.